The molecule has 4 rings (SSSR count). The molecular weight excluding hydrogens is 304 g/mol. The van der Waals surface area contributed by atoms with E-state index >= 15 is 0 Å². The number of carbonyl (C=O) groups is 1. The van der Waals surface area contributed by atoms with Crippen molar-refractivity contribution >= 4 is 5.91 Å². The molecule has 2 aliphatic heterocycles. The van der Waals surface area contributed by atoms with Crippen molar-refractivity contribution in [1.29, 1.82) is 0 Å². The predicted molar refractivity (Wildman–Crippen MR) is 90.3 cm³/mol. The first-order valence-corrected chi connectivity index (χ1v) is 9.14. The molecular formula is C19H26N2O3. The van der Waals surface area contributed by atoms with E-state index in [9.17, 15) is 4.79 Å². The number of amides is 1. The van der Waals surface area contributed by atoms with Gasteiger partial charge < -0.3 is 14.8 Å². The lowest BCUT2D eigenvalue weighted by Gasteiger charge is -2.39. The van der Waals surface area contributed by atoms with Crippen LogP contribution in [0.5, 0.6) is 0 Å². The van der Waals surface area contributed by atoms with Gasteiger partial charge in [0, 0.05) is 18.5 Å². The minimum atomic E-state index is -0.212. The second-order valence-electron chi connectivity index (χ2n) is 7.10. The summed E-state index contributed by atoms with van der Waals surface area (Å²) >= 11 is 0. The van der Waals surface area contributed by atoms with Gasteiger partial charge in [-0.2, -0.15) is 0 Å². The Labute approximate surface area is 143 Å². The van der Waals surface area contributed by atoms with Crippen molar-refractivity contribution in [2.24, 2.45) is 5.92 Å². The lowest BCUT2D eigenvalue weighted by Crippen LogP contribution is -2.47. The quantitative estimate of drug-likeness (QED) is 0.898. The molecule has 3 fully saturated rings. The highest BCUT2D eigenvalue weighted by Gasteiger charge is 2.37. The number of hydrogen-bond acceptors (Lipinski definition) is 4. The summed E-state index contributed by atoms with van der Waals surface area (Å²) in [6.07, 6.45) is 4.30. The molecule has 1 aromatic rings. The number of benzene rings is 1. The molecule has 1 amide bonds. The maximum Gasteiger partial charge on any atom is 0.242 e. The van der Waals surface area contributed by atoms with Gasteiger partial charge in [-0.3, -0.25) is 9.69 Å². The van der Waals surface area contributed by atoms with Crippen molar-refractivity contribution in [3.05, 3.63) is 35.9 Å². The van der Waals surface area contributed by atoms with Gasteiger partial charge in [-0.25, -0.2) is 0 Å². The van der Waals surface area contributed by atoms with Crippen molar-refractivity contribution in [2.45, 2.75) is 44.1 Å². The van der Waals surface area contributed by atoms with Crippen LogP contribution >= 0.6 is 0 Å². The summed E-state index contributed by atoms with van der Waals surface area (Å²) < 4.78 is 11.4. The number of rotatable bonds is 5. The van der Waals surface area contributed by atoms with Crippen LogP contribution in [0.3, 0.4) is 0 Å². The Morgan fingerprint density at radius 3 is 2.58 bits per heavy atom. The van der Waals surface area contributed by atoms with Gasteiger partial charge in [-0.05, 0) is 37.8 Å². The van der Waals surface area contributed by atoms with Crippen LogP contribution in [0.1, 0.15) is 37.3 Å². The van der Waals surface area contributed by atoms with Gasteiger partial charge in [0.2, 0.25) is 5.91 Å². The Kier molecular flexibility index (Phi) is 4.83. The molecule has 2 saturated heterocycles. The third-order valence-corrected chi connectivity index (χ3v) is 5.17. The van der Waals surface area contributed by atoms with E-state index in [4.69, 9.17) is 9.47 Å². The average molecular weight is 330 g/mol. The molecule has 1 N–H and O–H groups in total. The third-order valence-electron chi connectivity index (χ3n) is 5.17. The molecule has 0 bridgehead atoms. The molecule has 0 aromatic heterocycles. The molecule has 5 nitrogen and oxygen atoms in total. The van der Waals surface area contributed by atoms with E-state index in [1.807, 2.05) is 18.2 Å². The summed E-state index contributed by atoms with van der Waals surface area (Å²) in [5.41, 5.74) is 1.07. The highest BCUT2D eigenvalue weighted by Crippen LogP contribution is 2.31. The van der Waals surface area contributed by atoms with Gasteiger partial charge in [0.25, 0.3) is 0 Å². The SMILES string of the molecule is O=C(NC1CC1)[C@H](c1ccccc1)N1CCC[C@H](C2OCCO2)C1. The van der Waals surface area contributed by atoms with Crippen LogP contribution in [0.15, 0.2) is 30.3 Å². The number of piperidine rings is 1. The summed E-state index contributed by atoms with van der Waals surface area (Å²) in [6, 6.07) is 10.3. The van der Waals surface area contributed by atoms with Crippen molar-refractivity contribution in [2.75, 3.05) is 26.3 Å². The van der Waals surface area contributed by atoms with Crippen molar-refractivity contribution in [3.8, 4) is 0 Å². The summed E-state index contributed by atoms with van der Waals surface area (Å²) in [4.78, 5) is 15.2. The first-order chi connectivity index (χ1) is 11.8. The zero-order chi connectivity index (χ0) is 16.4. The van der Waals surface area contributed by atoms with Crippen LogP contribution in [-0.4, -0.2) is 49.4 Å². The molecule has 130 valence electrons. The van der Waals surface area contributed by atoms with Crippen molar-refractivity contribution < 1.29 is 14.3 Å². The number of nitrogens with one attached hydrogen (secondary N) is 1. The Morgan fingerprint density at radius 1 is 1.12 bits per heavy atom. The fourth-order valence-corrected chi connectivity index (χ4v) is 3.82. The van der Waals surface area contributed by atoms with E-state index in [1.165, 1.54) is 0 Å². The van der Waals surface area contributed by atoms with E-state index in [1.54, 1.807) is 0 Å². The third kappa shape index (κ3) is 3.63. The van der Waals surface area contributed by atoms with E-state index in [0.29, 0.717) is 25.2 Å². The fourth-order valence-electron chi connectivity index (χ4n) is 3.82. The van der Waals surface area contributed by atoms with Gasteiger partial charge in [0.05, 0.1) is 13.2 Å². The molecule has 0 spiro atoms. The zero-order valence-electron chi connectivity index (χ0n) is 14.0. The number of nitrogens with zero attached hydrogens (tertiary/aromatic N) is 1. The first kappa shape index (κ1) is 16.1. The Hall–Kier alpha value is -1.43. The summed E-state index contributed by atoms with van der Waals surface area (Å²) in [5.74, 6) is 0.485. The largest absolute Gasteiger partial charge is 0.352 e. The van der Waals surface area contributed by atoms with E-state index in [2.05, 4.69) is 22.3 Å². The number of hydrogen-bond donors (Lipinski definition) is 1. The molecule has 1 aliphatic carbocycles. The molecule has 1 aromatic carbocycles. The topological polar surface area (TPSA) is 50.8 Å². The van der Waals surface area contributed by atoms with Crippen molar-refractivity contribution in [3.63, 3.8) is 0 Å². The van der Waals surface area contributed by atoms with Gasteiger partial charge >= 0.3 is 0 Å². The molecule has 5 heteroatoms. The highest BCUT2D eigenvalue weighted by molar-refractivity contribution is 5.83. The lowest BCUT2D eigenvalue weighted by molar-refractivity contribution is -0.132. The monoisotopic (exact) mass is 330 g/mol. The molecule has 0 unspecified atom stereocenters. The highest BCUT2D eigenvalue weighted by atomic mass is 16.7. The molecule has 1 saturated carbocycles. The zero-order valence-corrected chi connectivity index (χ0v) is 14.0. The predicted octanol–water partition coefficient (Wildman–Crippen LogP) is 2.09. The van der Waals surface area contributed by atoms with Crippen LogP contribution < -0.4 is 5.32 Å². The normalized spacial score (nSPS) is 27.1. The van der Waals surface area contributed by atoms with E-state index < -0.39 is 0 Å². The summed E-state index contributed by atoms with van der Waals surface area (Å²) in [6.45, 7) is 3.17. The second-order valence-corrected chi connectivity index (χ2v) is 7.10. The van der Waals surface area contributed by atoms with Crippen LogP contribution in [0.2, 0.25) is 0 Å². The van der Waals surface area contributed by atoms with Gasteiger partial charge in [-0.15, -0.1) is 0 Å². The summed E-state index contributed by atoms with van der Waals surface area (Å²) in [7, 11) is 0. The molecule has 24 heavy (non-hydrogen) atoms. The fraction of sp³-hybridized carbons (Fsp3) is 0.632. The maximum absolute atomic E-state index is 12.9. The number of likely N-dealkylation sites (tertiary alicyclic amines) is 1. The Balaban J connectivity index is 1.51. The maximum atomic E-state index is 12.9. The number of ether oxygens (including phenoxy) is 2. The van der Waals surface area contributed by atoms with Crippen LogP contribution in [-0.2, 0) is 14.3 Å². The van der Waals surface area contributed by atoms with E-state index in [-0.39, 0.29) is 18.2 Å². The van der Waals surface area contributed by atoms with Crippen molar-refractivity contribution in [1.82, 2.24) is 10.2 Å². The minimum Gasteiger partial charge on any atom is -0.352 e. The average Bonchev–Trinajstić information content (AvgIpc) is 3.25. The second kappa shape index (κ2) is 7.21. The Bertz CT molecular complexity index is 555. The first-order valence-electron chi connectivity index (χ1n) is 9.14. The van der Waals surface area contributed by atoms with Crippen LogP contribution in [0.25, 0.3) is 0 Å². The van der Waals surface area contributed by atoms with Crippen LogP contribution in [0, 0.1) is 5.92 Å². The summed E-state index contributed by atoms with van der Waals surface area (Å²) in [5, 5.41) is 3.19. The van der Waals surface area contributed by atoms with Gasteiger partial charge in [-0.1, -0.05) is 30.3 Å². The lowest BCUT2D eigenvalue weighted by atomic mass is 9.94. The van der Waals surface area contributed by atoms with Crippen LogP contribution in [0.4, 0.5) is 0 Å². The molecule has 0 radical (unpaired) electrons. The molecule has 2 heterocycles. The molecule has 2 atom stereocenters. The minimum absolute atomic E-state index is 0.101. The number of carbonyl (C=O) groups excluding carboxylic acids is 1. The smallest absolute Gasteiger partial charge is 0.242 e. The Morgan fingerprint density at radius 2 is 1.88 bits per heavy atom. The van der Waals surface area contributed by atoms with Gasteiger partial charge in [0.1, 0.15) is 6.04 Å². The van der Waals surface area contributed by atoms with Gasteiger partial charge in [0.15, 0.2) is 6.29 Å². The standard InChI is InChI=1S/C19H26N2O3/c22-18(20-16-8-9-16)17(14-5-2-1-3-6-14)21-10-4-7-15(13-21)19-23-11-12-24-19/h1-3,5-6,15-17,19H,4,7-13H2,(H,20,22)/t15-,17-/m0/s1. The van der Waals surface area contributed by atoms with E-state index in [0.717, 1.165) is 44.3 Å². The molecule has 3 aliphatic rings.